The summed E-state index contributed by atoms with van der Waals surface area (Å²) in [5, 5.41) is 13.4. The number of nitrogens with one attached hydrogen (secondary N) is 1. The molecule has 0 amide bonds. The first-order valence-corrected chi connectivity index (χ1v) is 5.70. The second kappa shape index (κ2) is 6.09. The lowest BCUT2D eigenvalue weighted by atomic mass is 10.1. The van der Waals surface area contributed by atoms with Gasteiger partial charge in [0, 0.05) is 6.54 Å². The summed E-state index contributed by atoms with van der Waals surface area (Å²) in [6, 6.07) is 0. The van der Waals surface area contributed by atoms with E-state index in [0.29, 0.717) is 6.54 Å². The van der Waals surface area contributed by atoms with Gasteiger partial charge in [-0.05, 0) is 25.3 Å². The number of halogens is 3. The molecule has 1 aliphatic carbocycles. The molecule has 0 aromatic heterocycles. The van der Waals surface area contributed by atoms with Gasteiger partial charge in [0.2, 0.25) is 0 Å². The maximum atomic E-state index is 12.5. The van der Waals surface area contributed by atoms with E-state index in [0.717, 1.165) is 18.8 Å². The van der Waals surface area contributed by atoms with Crippen LogP contribution in [-0.4, -0.2) is 30.3 Å². The Morgan fingerprint density at radius 2 is 2.12 bits per heavy atom. The monoisotopic (exact) mass is 253 g/mol. The first kappa shape index (κ1) is 14.1. The Labute approximate surface area is 98.0 Å². The van der Waals surface area contributed by atoms with Gasteiger partial charge in [0.1, 0.15) is 5.92 Å². The smallest absolute Gasteiger partial charge is 0.400 e. The van der Waals surface area contributed by atoms with Gasteiger partial charge in [-0.15, -0.1) is 0 Å². The molecular weight excluding hydrogens is 235 g/mol. The van der Waals surface area contributed by atoms with Crippen molar-refractivity contribution in [3.8, 4) is 0 Å². The van der Waals surface area contributed by atoms with Crippen molar-refractivity contribution in [3.05, 3.63) is 0 Å². The first-order valence-electron chi connectivity index (χ1n) is 5.70. The molecule has 0 spiro atoms. The zero-order valence-electron chi connectivity index (χ0n) is 9.50. The number of rotatable bonds is 7. The molecule has 1 saturated carbocycles. The number of nitrogens with two attached hydrogens (primary N) is 1. The predicted molar refractivity (Wildman–Crippen MR) is 57.8 cm³/mol. The third kappa shape index (κ3) is 5.25. The van der Waals surface area contributed by atoms with Crippen molar-refractivity contribution in [2.45, 2.75) is 31.9 Å². The average molecular weight is 253 g/mol. The van der Waals surface area contributed by atoms with Crippen LogP contribution in [0.3, 0.4) is 0 Å². The van der Waals surface area contributed by atoms with Crippen LogP contribution in [0.5, 0.6) is 0 Å². The number of oxime groups is 1. The number of alkyl halides is 3. The molecule has 7 heteroatoms. The van der Waals surface area contributed by atoms with Gasteiger partial charge in [-0.25, -0.2) is 0 Å². The SMILES string of the molecule is NC(=NO)C(CNCCCC1CC1)C(F)(F)F. The second-order valence-corrected chi connectivity index (χ2v) is 4.41. The Kier molecular flexibility index (Phi) is 5.04. The molecule has 1 atom stereocenters. The molecule has 0 aromatic rings. The van der Waals surface area contributed by atoms with E-state index in [1.165, 1.54) is 12.8 Å². The Balaban J connectivity index is 2.23. The van der Waals surface area contributed by atoms with Crippen LogP contribution in [0.15, 0.2) is 5.16 Å². The van der Waals surface area contributed by atoms with E-state index in [1.54, 1.807) is 0 Å². The van der Waals surface area contributed by atoms with Crippen LogP contribution in [0.25, 0.3) is 0 Å². The van der Waals surface area contributed by atoms with Crippen molar-refractivity contribution in [1.82, 2.24) is 5.32 Å². The molecule has 1 fully saturated rings. The molecule has 0 radical (unpaired) electrons. The van der Waals surface area contributed by atoms with Crippen molar-refractivity contribution in [1.29, 1.82) is 0 Å². The van der Waals surface area contributed by atoms with Crippen LogP contribution in [0.4, 0.5) is 13.2 Å². The largest absolute Gasteiger partial charge is 0.409 e. The van der Waals surface area contributed by atoms with Crippen LogP contribution in [0, 0.1) is 11.8 Å². The fraction of sp³-hybridized carbons (Fsp3) is 0.900. The molecule has 0 aromatic carbocycles. The van der Waals surface area contributed by atoms with Crippen molar-refractivity contribution in [2.75, 3.05) is 13.1 Å². The Morgan fingerprint density at radius 1 is 1.47 bits per heavy atom. The normalized spacial score (nSPS) is 19.4. The summed E-state index contributed by atoms with van der Waals surface area (Å²) in [6.45, 7) is 0.186. The molecule has 1 rings (SSSR count). The van der Waals surface area contributed by atoms with Crippen LogP contribution in [0.2, 0.25) is 0 Å². The summed E-state index contributed by atoms with van der Waals surface area (Å²) in [4.78, 5) is 0. The Bertz CT molecular complexity index is 264. The molecule has 1 unspecified atom stereocenters. The quantitative estimate of drug-likeness (QED) is 0.212. The lowest BCUT2D eigenvalue weighted by Gasteiger charge is -2.19. The third-order valence-corrected chi connectivity index (χ3v) is 2.88. The Morgan fingerprint density at radius 3 is 2.59 bits per heavy atom. The summed E-state index contributed by atoms with van der Waals surface area (Å²) < 4.78 is 37.5. The zero-order valence-corrected chi connectivity index (χ0v) is 9.50. The van der Waals surface area contributed by atoms with E-state index in [2.05, 4.69) is 10.5 Å². The van der Waals surface area contributed by atoms with Gasteiger partial charge in [-0.1, -0.05) is 18.0 Å². The predicted octanol–water partition coefficient (Wildman–Crippen LogP) is 1.69. The highest BCUT2D eigenvalue weighted by Crippen LogP contribution is 2.33. The van der Waals surface area contributed by atoms with Crippen molar-refractivity contribution >= 4 is 5.84 Å². The minimum atomic E-state index is -4.49. The molecule has 4 N–H and O–H groups in total. The van der Waals surface area contributed by atoms with Crippen molar-refractivity contribution in [2.24, 2.45) is 22.7 Å². The van der Waals surface area contributed by atoms with Crippen LogP contribution >= 0.6 is 0 Å². The van der Waals surface area contributed by atoms with E-state index in [1.807, 2.05) is 0 Å². The van der Waals surface area contributed by atoms with Gasteiger partial charge in [0.25, 0.3) is 0 Å². The van der Waals surface area contributed by atoms with E-state index >= 15 is 0 Å². The zero-order chi connectivity index (χ0) is 12.9. The minimum absolute atomic E-state index is 0.343. The summed E-state index contributed by atoms with van der Waals surface area (Å²) in [7, 11) is 0. The van der Waals surface area contributed by atoms with Gasteiger partial charge in [-0.3, -0.25) is 0 Å². The molecule has 0 heterocycles. The van der Waals surface area contributed by atoms with Gasteiger partial charge in [0.15, 0.2) is 5.84 Å². The molecule has 1 aliphatic rings. The standard InChI is InChI=1S/C10H18F3N3O/c11-10(12,13)8(9(14)16-17)6-15-5-1-2-7-3-4-7/h7-8,15,17H,1-6H2,(H2,14,16). The Hall–Kier alpha value is -0.980. The van der Waals surface area contributed by atoms with Crippen molar-refractivity contribution in [3.63, 3.8) is 0 Å². The third-order valence-electron chi connectivity index (χ3n) is 2.88. The fourth-order valence-electron chi connectivity index (χ4n) is 1.63. The fourth-order valence-corrected chi connectivity index (χ4v) is 1.63. The second-order valence-electron chi connectivity index (χ2n) is 4.41. The molecule has 17 heavy (non-hydrogen) atoms. The minimum Gasteiger partial charge on any atom is -0.409 e. The molecule has 0 bridgehead atoms. The summed E-state index contributed by atoms with van der Waals surface area (Å²) in [5.41, 5.74) is 5.02. The van der Waals surface area contributed by atoms with E-state index < -0.39 is 17.9 Å². The number of nitrogens with zero attached hydrogens (tertiary/aromatic N) is 1. The molecule has 0 saturated heterocycles. The first-order chi connectivity index (χ1) is 7.95. The van der Waals surface area contributed by atoms with E-state index in [4.69, 9.17) is 10.9 Å². The van der Waals surface area contributed by atoms with Gasteiger partial charge >= 0.3 is 6.18 Å². The van der Waals surface area contributed by atoms with Crippen LogP contribution in [0.1, 0.15) is 25.7 Å². The highest BCUT2D eigenvalue weighted by Gasteiger charge is 2.42. The number of amidine groups is 1. The highest BCUT2D eigenvalue weighted by molar-refractivity contribution is 5.83. The summed E-state index contributed by atoms with van der Waals surface area (Å²) >= 11 is 0. The summed E-state index contributed by atoms with van der Waals surface area (Å²) in [5.74, 6) is -1.94. The molecule has 0 aliphatic heterocycles. The average Bonchev–Trinajstić information content (AvgIpc) is 3.04. The number of hydrogen-bond donors (Lipinski definition) is 3. The molecular formula is C10H18F3N3O. The van der Waals surface area contributed by atoms with Gasteiger partial charge < -0.3 is 16.3 Å². The number of hydrogen-bond acceptors (Lipinski definition) is 3. The van der Waals surface area contributed by atoms with E-state index in [9.17, 15) is 13.2 Å². The maximum Gasteiger partial charge on any atom is 0.400 e. The highest BCUT2D eigenvalue weighted by atomic mass is 19.4. The van der Waals surface area contributed by atoms with Crippen molar-refractivity contribution < 1.29 is 18.4 Å². The molecule has 4 nitrogen and oxygen atoms in total. The van der Waals surface area contributed by atoms with Crippen LogP contribution < -0.4 is 11.1 Å². The lowest BCUT2D eigenvalue weighted by Crippen LogP contribution is -2.43. The lowest BCUT2D eigenvalue weighted by molar-refractivity contribution is -0.154. The topological polar surface area (TPSA) is 70.6 Å². The molecule has 100 valence electrons. The van der Waals surface area contributed by atoms with Gasteiger partial charge in [-0.2, -0.15) is 13.2 Å². The van der Waals surface area contributed by atoms with Gasteiger partial charge in [0.05, 0.1) is 0 Å². The van der Waals surface area contributed by atoms with E-state index in [-0.39, 0.29) is 6.54 Å². The van der Waals surface area contributed by atoms with Crippen LogP contribution in [-0.2, 0) is 0 Å². The summed E-state index contributed by atoms with van der Waals surface area (Å²) in [6.07, 6.45) is -0.0664. The maximum absolute atomic E-state index is 12.5.